The summed E-state index contributed by atoms with van der Waals surface area (Å²) in [5.41, 5.74) is 1.05. The van der Waals surface area contributed by atoms with Crippen molar-refractivity contribution in [3.63, 3.8) is 0 Å². The standard InChI is InChI=1S/C32H46N2O6.K/c1-2-3-4-5-6-7-8-9-10-11-12-13-20-40-28-19-16-26(30(36)22-28)23-33-24-31(37)34-29(32(38)39)21-25-14-17-27(35)18-15-25;/h14-19,22-23,29,35-36H,2-13,20-21,24H2,1H3,(H,34,37)(H,38,39);/q;+1/p-1/t29-;/m0./s1. The zero-order chi connectivity index (χ0) is 29.0. The van der Waals surface area contributed by atoms with E-state index in [2.05, 4.69) is 17.2 Å². The molecule has 0 saturated heterocycles. The molecule has 0 aliphatic heterocycles. The number of aromatic hydroxyl groups is 2. The number of unbranched alkanes of at least 4 members (excludes halogenated alkanes) is 11. The average Bonchev–Trinajstić information content (AvgIpc) is 2.93. The van der Waals surface area contributed by atoms with E-state index in [0.29, 0.717) is 23.5 Å². The minimum atomic E-state index is -1.41. The Labute approximate surface area is 287 Å². The van der Waals surface area contributed by atoms with Gasteiger partial charge in [-0.05, 0) is 42.7 Å². The molecular formula is C32H45KN2O6. The summed E-state index contributed by atoms with van der Waals surface area (Å²) in [6, 6.07) is 9.71. The van der Waals surface area contributed by atoms with Gasteiger partial charge in [0.05, 0.1) is 18.6 Å². The quantitative estimate of drug-likeness (QED) is 0.116. The number of carbonyl (C=O) groups is 2. The van der Waals surface area contributed by atoms with Gasteiger partial charge in [0.15, 0.2) is 0 Å². The third-order valence-corrected chi connectivity index (χ3v) is 6.73. The molecule has 2 aromatic carbocycles. The van der Waals surface area contributed by atoms with E-state index in [0.717, 1.165) is 12.8 Å². The first-order chi connectivity index (χ1) is 19.4. The van der Waals surface area contributed by atoms with Crippen LogP contribution in [0, 0.1) is 0 Å². The monoisotopic (exact) mass is 592 g/mol. The minimum absolute atomic E-state index is 0. The molecule has 0 bridgehead atoms. The summed E-state index contributed by atoms with van der Waals surface area (Å²) in [6.45, 7) is 2.53. The van der Waals surface area contributed by atoms with Crippen molar-refractivity contribution >= 4 is 18.1 Å². The number of phenolic OH excluding ortho intramolecular Hbond substituents is 2. The molecule has 0 aliphatic carbocycles. The zero-order valence-corrected chi connectivity index (χ0v) is 27.9. The van der Waals surface area contributed by atoms with E-state index >= 15 is 0 Å². The number of hydrogen-bond donors (Lipinski definition) is 3. The Bertz CT molecular complexity index is 1040. The van der Waals surface area contributed by atoms with Crippen molar-refractivity contribution in [1.82, 2.24) is 5.32 Å². The summed E-state index contributed by atoms with van der Waals surface area (Å²) in [5, 5.41) is 33.5. The summed E-state index contributed by atoms with van der Waals surface area (Å²) >= 11 is 0. The van der Waals surface area contributed by atoms with Crippen molar-refractivity contribution in [3.05, 3.63) is 53.6 Å². The van der Waals surface area contributed by atoms with Crippen LogP contribution in [0.4, 0.5) is 0 Å². The molecule has 0 saturated carbocycles. The van der Waals surface area contributed by atoms with Crippen molar-refractivity contribution in [2.75, 3.05) is 13.2 Å². The first-order valence-corrected chi connectivity index (χ1v) is 14.6. The third-order valence-electron chi connectivity index (χ3n) is 6.73. The van der Waals surface area contributed by atoms with Gasteiger partial charge in [-0.15, -0.1) is 0 Å². The number of phenols is 2. The van der Waals surface area contributed by atoms with Gasteiger partial charge in [0, 0.05) is 17.8 Å². The molecule has 1 atom stereocenters. The minimum Gasteiger partial charge on any atom is -0.548 e. The number of aliphatic carboxylic acids is 1. The number of nitrogens with zero attached hydrogens (tertiary/aromatic N) is 1. The molecule has 0 heterocycles. The Morgan fingerprint density at radius 2 is 1.49 bits per heavy atom. The molecule has 1 amide bonds. The Kier molecular flexibility index (Phi) is 20.5. The van der Waals surface area contributed by atoms with Crippen LogP contribution in [-0.4, -0.2) is 47.5 Å². The van der Waals surface area contributed by atoms with Crippen LogP contribution in [-0.2, 0) is 16.0 Å². The number of rotatable bonds is 21. The summed E-state index contributed by atoms with van der Waals surface area (Å²) in [7, 11) is 0. The fourth-order valence-corrected chi connectivity index (χ4v) is 4.38. The first-order valence-electron chi connectivity index (χ1n) is 14.6. The van der Waals surface area contributed by atoms with Crippen LogP contribution in [0.15, 0.2) is 47.5 Å². The van der Waals surface area contributed by atoms with Gasteiger partial charge in [-0.2, -0.15) is 0 Å². The van der Waals surface area contributed by atoms with Gasteiger partial charge in [0.1, 0.15) is 23.8 Å². The zero-order valence-electron chi connectivity index (χ0n) is 24.8. The second-order valence-electron chi connectivity index (χ2n) is 10.2. The van der Waals surface area contributed by atoms with Crippen molar-refractivity contribution in [2.45, 2.75) is 96.4 Å². The van der Waals surface area contributed by atoms with Gasteiger partial charge in [0.2, 0.25) is 5.91 Å². The first kappa shape index (κ1) is 37.1. The molecule has 0 aliphatic rings. The van der Waals surface area contributed by atoms with Gasteiger partial charge in [-0.1, -0.05) is 89.7 Å². The van der Waals surface area contributed by atoms with Crippen molar-refractivity contribution in [1.29, 1.82) is 0 Å². The number of ether oxygens (including phenoxy) is 1. The molecule has 9 heteroatoms. The fraction of sp³-hybridized carbons (Fsp3) is 0.531. The molecule has 0 aromatic heterocycles. The molecule has 0 spiro atoms. The van der Waals surface area contributed by atoms with Crippen LogP contribution in [0.1, 0.15) is 95.1 Å². The van der Waals surface area contributed by atoms with Crippen LogP contribution in [0.25, 0.3) is 0 Å². The number of amides is 1. The number of nitrogens with one attached hydrogen (secondary N) is 1. The van der Waals surface area contributed by atoms with Crippen LogP contribution >= 0.6 is 0 Å². The van der Waals surface area contributed by atoms with E-state index in [-0.39, 0.29) is 75.8 Å². The van der Waals surface area contributed by atoms with Gasteiger partial charge >= 0.3 is 51.4 Å². The van der Waals surface area contributed by atoms with Crippen LogP contribution in [0.3, 0.4) is 0 Å². The molecule has 41 heavy (non-hydrogen) atoms. The SMILES string of the molecule is CCCCCCCCCCCCCCOc1ccc(C=NCC(=O)N[C@@H](Cc2ccc(O)cc2)C(=O)[O-])c(O)c1.[K+]. The molecular weight excluding hydrogens is 547 g/mol. The Morgan fingerprint density at radius 3 is 2.05 bits per heavy atom. The molecule has 8 nitrogen and oxygen atoms in total. The van der Waals surface area contributed by atoms with Gasteiger partial charge < -0.3 is 30.2 Å². The molecule has 220 valence electrons. The number of carboxylic acids is 1. The molecule has 0 radical (unpaired) electrons. The predicted octanol–water partition coefficient (Wildman–Crippen LogP) is 2.08. The second kappa shape index (κ2) is 22.7. The number of carbonyl (C=O) groups excluding carboxylic acids is 2. The van der Waals surface area contributed by atoms with E-state index in [1.807, 2.05) is 0 Å². The van der Waals surface area contributed by atoms with Crippen molar-refractivity contribution < 1.29 is 81.0 Å². The Hall–Kier alpha value is -1.91. The maximum absolute atomic E-state index is 12.2. The molecule has 3 N–H and O–H groups in total. The van der Waals surface area contributed by atoms with Gasteiger partial charge in [0.25, 0.3) is 0 Å². The van der Waals surface area contributed by atoms with Crippen LogP contribution in [0.2, 0.25) is 0 Å². The maximum atomic E-state index is 12.2. The normalized spacial score (nSPS) is 11.6. The Balaban J connectivity index is 0.00000840. The smallest absolute Gasteiger partial charge is 0.548 e. The number of benzene rings is 2. The fourth-order valence-electron chi connectivity index (χ4n) is 4.38. The van der Waals surface area contributed by atoms with Crippen molar-refractivity contribution in [2.24, 2.45) is 4.99 Å². The molecule has 2 rings (SSSR count). The third kappa shape index (κ3) is 17.0. The van der Waals surface area contributed by atoms with E-state index < -0.39 is 17.9 Å². The van der Waals surface area contributed by atoms with E-state index in [4.69, 9.17) is 4.74 Å². The van der Waals surface area contributed by atoms with Crippen LogP contribution < -0.4 is 66.5 Å². The number of carboxylic acid groups (broad SMARTS) is 1. The van der Waals surface area contributed by atoms with Gasteiger partial charge in [-0.3, -0.25) is 9.79 Å². The van der Waals surface area contributed by atoms with Gasteiger partial charge in [-0.25, -0.2) is 0 Å². The molecule has 0 fully saturated rings. The molecule has 0 unspecified atom stereocenters. The predicted molar refractivity (Wildman–Crippen MR) is 156 cm³/mol. The van der Waals surface area contributed by atoms with E-state index in [9.17, 15) is 24.9 Å². The Morgan fingerprint density at radius 1 is 0.902 bits per heavy atom. The summed E-state index contributed by atoms with van der Waals surface area (Å²) in [6.07, 6.45) is 16.7. The molecule has 2 aromatic rings. The van der Waals surface area contributed by atoms with E-state index in [1.165, 1.54) is 88.6 Å². The van der Waals surface area contributed by atoms with E-state index in [1.54, 1.807) is 24.3 Å². The summed E-state index contributed by atoms with van der Waals surface area (Å²) < 4.78 is 5.75. The average molecular weight is 593 g/mol. The largest absolute Gasteiger partial charge is 1.00 e. The topological polar surface area (TPSA) is 131 Å². The van der Waals surface area contributed by atoms with Crippen LogP contribution in [0.5, 0.6) is 17.2 Å². The maximum Gasteiger partial charge on any atom is 1.00 e. The summed E-state index contributed by atoms with van der Waals surface area (Å²) in [4.78, 5) is 27.6. The number of aliphatic imine (C=N–C) groups is 1. The number of hydrogen-bond acceptors (Lipinski definition) is 7. The summed E-state index contributed by atoms with van der Waals surface area (Å²) in [5.74, 6) is -1.39. The second-order valence-corrected chi connectivity index (χ2v) is 10.2. The van der Waals surface area contributed by atoms with Crippen molar-refractivity contribution in [3.8, 4) is 17.2 Å².